The van der Waals surface area contributed by atoms with E-state index in [2.05, 4.69) is 0 Å². The molecule has 2 atom stereocenters. The zero-order valence-corrected chi connectivity index (χ0v) is 11.2. The first-order valence-electron chi connectivity index (χ1n) is 6.41. The first-order valence-corrected chi connectivity index (χ1v) is 6.41. The second-order valence-corrected chi connectivity index (χ2v) is 4.59. The summed E-state index contributed by atoms with van der Waals surface area (Å²) in [7, 11) is 1.65. The Balaban J connectivity index is 2.22. The molecule has 0 bridgehead atoms. The van der Waals surface area contributed by atoms with Gasteiger partial charge in [-0.2, -0.15) is 0 Å². The molecule has 19 heavy (non-hydrogen) atoms. The fourth-order valence-electron chi connectivity index (χ4n) is 2.27. The Morgan fingerprint density at radius 3 is 2.00 bits per heavy atom. The molecule has 0 N–H and O–H groups in total. The van der Waals surface area contributed by atoms with Gasteiger partial charge in [0.1, 0.15) is 0 Å². The van der Waals surface area contributed by atoms with E-state index in [0.717, 1.165) is 11.1 Å². The van der Waals surface area contributed by atoms with Crippen LogP contribution in [0.15, 0.2) is 60.7 Å². The Kier molecular flexibility index (Phi) is 4.48. The van der Waals surface area contributed by atoms with Crippen molar-refractivity contribution >= 4 is 5.78 Å². The average Bonchev–Trinajstić information content (AvgIpc) is 2.49. The maximum Gasteiger partial charge on any atom is 0.168 e. The van der Waals surface area contributed by atoms with E-state index in [1.807, 2.05) is 67.6 Å². The van der Waals surface area contributed by atoms with E-state index >= 15 is 0 Å². The number of carbonyl (C=O) groups excluding carboxylic acids is 1. The zero-order chi connectivity index (χ0) is 13.7. The van der Waals surface area contributed by atoms with Crippen LogP contribution in [0.1, 0.15) is 28.9 Å². The Morgan fingerprint density at radius 2 is 1.47 bits per heavy atom. The second kappa shape index (κ2) is 6.30. The van der Waals surface area contributed by atoms with E-state index in [1.165, 1.54) is 0 Å². The lowest BCUT2D eigenvalue weighted by atomic mass is 9.90. The highest BCUT2D eigenvalue weighted by molar-refractivity contribution is 5.98. The van der Waals surface area contributed by atoms with E-state index in [1.54, 1.807) is 7.11 Å². The predicted molar refractivity (Wildman–Crippen MR) is 76.1 cm³/mol. The summed E-state index contributed by atoms with van der Waals surface area (Å²) < 4.78 is 5.52. The van der Waals surface area contributed by atoms with Gasteiger partial charge in [0.2, 0.25) is 0 Å². The molecule has 0 amide bonds. The summed E-state index contributed by atoms with van der Waals surface area (Å²) in [4.78, 5) is 12.4. The fourth-order valence-corrected chi connectivity index (χ4v) is 2.27. The average molecular weight is 254 g/mol. The molecular weight excluding hydrogens is 236 g/mol. The monoisotopic (exact) mass is 254 g/mol. The number of hydrogen-bond acceptors (Lipinski definition) is 2. The molecule has 0 saturated carbocycles. The third kappa shape index (κ3) is 3.09. The van der Waals surface area contributed by atoms with Gasteiger partial charge in [-0.05, 0) is 5.56 Å². The van der Waals surface area contributed by atoms with E-state index in [9.17, 15) is 4.79 Å². The maximum atomic E-state index is 12.4. The normalized spacial score (nSPS) is 13.8. The summed E-state index contributed by atoms with van der Waals surface area (Å²) in [6.07, 6.45) is -0.214. The zero-order valence-electron chi connectivity index (χ0n) is 11.2. The van der Waals surface area contributed by atoms with E-state index in [4.69, 9.17) is 4.74 Å². The van der Waals surface area contributed by atoms with Crippen molar-refractivity contribution in [2.75, 3.05) is 7.11 Å². The molecule has 0 heterocycles. The van der Waals surface area contributed by atoms with Crippen molar-refractivity contribution in [3.05, 3.63) is 71.8 Å². The molecule has 0 spiro atoms. The van der Waals surface area contributed by atoms with Crippen LogP contribution in [0.25, 0.3) is 0 Å². The molecule has 2 rings (SSSR count). The van der Waals surface area contributed by atoms with Crippen molar-refractivity contribution in [3.63, 3.8) is 0 Å². The van der Waals surface area contributed by atoms with Gasteiger partial charge < -0.3 is 4.74 Å². The smallest absolute Gasteiger partial charge is 0.168 e. The van der Waals surface area contributed by atoms with Crippen LogP contribution >= 0.6 is 0 Å². The Labute approximate surface area is 114 Å². The SMILES string of the molecule is COC(c1ccccc1)C(C)C(=O)c1ccccc1. The minimum absolute atomic E-state index is 0.108. The van der Waals surface area contributed by atoms with Crippen molar-refractivity contribution in [3.8, 4) is 0 Å². The topological polar surface area (TPSA) is 26.3 Å². The lowest BCUT2D eigenvalue weighted by Crippen LogP contribution is -2.21. The minimum Gasteiger partial charge on any atom is -0.376 e. The van der Waals surface area contributed by atoms with Crippen LogP contribution in [0, 0.1) is 5.92 Å². The molecular formula is C17H18O2. The summed E-state index contributed by atoms with van der Waals surface area (Å²) in [5.74, 6) is -0.105. The van der Waals surface area contributed by atoms with Crippen LogP contribution in [-0.2, 0) is 4.74 Å². The highest BCUT2D eigenvalue weighted by Crippen LogP contribution is 2.27. The summed E-state index contributed by atoms with van der Waals surface area (Å²) in [5, 5.41) is 0. The molecule has 0 fully saturated rings. The van der Waals surface area contributed by atoms with Crippen molar-refractivity contribution in [1.29, 1.82) is 0 Å². The van der Waals surface area contributed by atoms with Crippen LogP contribution in [0.2, 0.25) is 0 Å². The van der Waals surface area contributed by atoms with Gasteiger partial charge in [-0.15, -0.1) is 0 Å². The van der Waals surface area contributed by atoms with Crippen LogP contribution in [0.5, 0.6) is 0 Å². The molecule has 0 aliphatic rings. The van der Waals surface area contributed by atoms with Gasteiger partial charge in [-0.25, -0.2) is 0 Å². The largest absolute Gasteiger partial charge is 0.376 e. The molecule has 0 radical (unpaired) electrons. The van der Waals surface area contributed by atoms with Gasteiger partial charge in [0.25, 0.3) is 0 Å². The number of ether oxygens (including phenoxy) is 1. The van der Waals surface area contributed by atoms with Crippen molar-refractivity contribution in [1.82, 2.24) is 0 Å². The van der Waals surface area contributed by atoms with E-state index < -0.39 is 0 Å². The summed E-state index contributed by atoms with van der Waals surface area (Å²) in [6.45, 7) is 1.91. The molecule has 0 aliphatic heterocycles. The molecule has 0 aromatic heterocycles. The van der Waals surface area contributed by atoms with E-state index in [-0.39, 0.29) is 17.8 Å². The third-order valence-corrected chi connectivity index (χ3v) is 3.31. The minimum atomic E-state index is -0.214. The summed E-state index contributed by atoms with van der Waals surface area (Å²) >= 11 is 0. The predicted octanol–water partition coefficient (Wildman–Crippen LogP) is 3.89. The third-order valence-electron chi connectivity index (χ3n) is 3.31. The van der Waals surface area contributed by atoms with Crippen LogP contribution in [0.4, 0.5) is 0 Å². The van der Waals surface area contributed by atoms with Crippen LogP contribution in [0.3, 0.4) is 0 Å². The van der Waals surface area contributed by atoms with Crippen LogP contribution in [-0.4, -0.2) is 12.9 Å². The number of carbonyl (C=O) groups is 1. The molecule has 2 unspecified atom stereocenters. The van der Waals surface area contributed by atoms with Gasteiger partial charge in [0.15, 0.2) is 5.78 Å². The quantitative estimate of drug-likeness (QED) is 0.756. The number of rotatable bonds is 5. The number of benzene rings is 2. The number of ketones is 1. The highest BCUT2D eigenvalue weighted by atomic mass is 16.5. The van der Waals surface area contributed by atoms with Crippen molar-refractivity contribution in [2.24, 2.45) is 5.92 Å². The summed E-state index contributed by atoms with van der Waals surface area (Å²) in [5.41, 5.74) is 1.76. The van der Waals surface area contributed by atoms with E-state index in [0.29, 0.717) is 0 Å². The van der Waals surface area contributed by atoms with Gasteiger partial charge in [-0.1, -0.05) is 67.6 Å². The second-order valence-electron chi connectivity index (χ2n) is 4.59. The van der Waals surface area contributed by atoms with Gasteiger partial charge in [0.05, 0.1) is 6.10 Å². The Bertz CT molecular complexity index is 519. The van der Waals surface area contributed by atoms with Crippen LogP contribution < -0.4 is 0 Å². The first kappa shape index (κ1) is 13.5. The molecule has 0 saturated heterocycles. The standard InChI is InChI=1S/C17H18O2/c1-13(16(18)14-9-5-3-6-10-14)17(19-2)15-11-7-4-8-12-15/h3-13,17H,1-2H3. The molecule has 2 nitrogen and oxygen atoms in total. The van der Waals surface area contributed by atoms with Gasteiger partial charge >= 0.3 is 0 Å². The first-order chi connectivity index (χ1) is 9.24. The number of hydrogen-bond donors (Lipinski definition) is 0. The number of methoxy groups -OCH3 is 1. The molecule has 0 aliphatic carbocycles. The molecule has 2 heteroatoms. The Morgan fingerprint density at radius 1 is 0.947 bits per heavy atom. The fraction of sp³-hybridized carbons (Fsp3) is 0.235. The molecule has 2 aromatic carbocycles. The van der Waals surface area contributed by atoms with Gasteiger partial charge in [-0.3, -0.25) is 4.79 Å². The highest BCUT2D eigenvalue weighted by Gasteiger charge is 2.25. The number of Topliss-reactive ketones (excluding diaryl/α,β-unsaturated/α-hetero) is 1. The molecule has 98 valence electrons. The van der Waals surface area contributed by atoms with Crippen molar-refractivity contribution in [2.45, 2.75) is 13.0 Å². The molecule has 2 aromatic rings. The van der Waals surface area contributed by atoms with Gasteiger partial charge in [0, 0.05) is 18.6 Å². The summed E-state index contributed by atoms with van der Waals surface area (Å²) in [6, 6.07) is 19.2. The lowest BCUT2D eigenvalue weighted by Gasteiger charge is -2.22. The Hall–Kier alpha value is -1.93. The van der Waals surface area contributed by atoms with Crippen molar-refractivity contribution < 1.29 is 9.53 Å². The maximum absolute atomic E-state index is 12.4. The lowest BCUT2D eigenvalue weighted by molar-refractivity contribution is 0.0479.